The average molecular weight is 335 g/mol. The number of carbonyl (C=O) groups excluding carboxylic acids is 1. The van der Waals surface area contributed by atoms with E-state index in [1.54, 1.807) is 6.07 Å². The van der Waals surface area contributed by atoms with Crippen LogP contribution in [0.4, 0.5) is 16.2 Å². The molecule has 0 aliphatic heterocycles. The summed E-state index contributed by atoms with van der Waals surface area (Å²) in [6, 6.07) is 12.3. The highest BCUT2D eigenvalue weighted by Gasteiger charge is 2.08. The molecule has 7 nitrogen and oxygen atoms in total. The molecule has 0 aliphatic rings. The van der Waals surface area contributed by atoms with Crippen molar-refractivity contribution in [3.8, 4) is 0 Å². The third-order valence-electron chi connectivity index (χ3n) is 3.07. The van der Waals surface area contributed by atoms with Gasteiger partial charge in [-0.25, -0.2) is 4.79 Å². The third kappa shape index (κ3) is 4.97. The van der Waals surface area contributed by atoms with E-state index in [1.807, 2.05) is 25.1 Å². The summed E-state index contributed by atoms with van der Waals surface area (Å²) in [5.41, 5.74) is 7.31. The van der Waals surface area contributed by atoms with E-state index in [-0.39, 0.29) is 4.90 Å². The van der Waals surface area contributed by atoms with E-state index in [4.69, 9.17) is 4.55 Å². The summed E-state index contributed by atoms with van der Waals surface area (Å²) < 4.78 is 30.7. The first-order valence-electron chi connectivity index (χ1n) is 6.88. The first-order chi connectivity index (χ1) is 10.9. The Morgan fingerprint density at radius 3 is 2.39 bits per heavy atom. The molecule has 2 amide bonds. The van der Waals surface area contributed by atoms with Crippen LogP contribution in [0, 0.1) is 0 Å². The predicted octanol–water partition coefficient (Wildman–Crippen LogP) is 2.64. The van der Waals surface area contributed by atoms with Crippen LogP contribution in [0.1, 0.15) is 12.5 Å². The normalized spacial score (nSPS) is 10.9. The molecular formula is C15H17N3O4S. The number of anilines is 2. The highest BCUT2D eigenvalue weighted by atomic mass is 32.2. The number of hydrogen-bond donors (Lipinski definition) is 4. The Balaban J connectivity index is 1.91. The highest BCUT2D eigenvalue weighted by Crippen LogP contribution is 2.13. The summed E-state index contributed by atoms with van der Waals surface area (Å²) in [4.78, 5) is 11.6. The van der Waals surface area contributed by atoms with Gasteiger partial charge in [-0.15, -0.1) is 0 Å². The van der Waals surface area contributed by atoms with Crippen molar-refractivity contribution in [2.45, 2.75) is 18.2 Å². The molecule has 0 spiro atoms. The van der Waals surface area contributed by atoms with Gasteiger partial charge in [0.15, 0.2) is 0 Å². The first-order valence-corrected chi connectivity index (χ1v) is 8.32. The quantitative estimate of drug-likeness (QED) is 0.496. The maximum Gasteiger partial charge on any atom is 0.337 e. The van der Waals surface area contributed by atoms with E-state index in [0.717, 1.165) is 12.0 Å². The monoisotopic (exact) mass is 335 g/mol. The lowest BCUT2D eigenvalue weighted by Gasteiger charge is -2.11. The number of hydrogen-bond acceptors (Lipinski definition) is 4. The van der Waals surface area contributed by atoms with Gasteiger partial charge < -0.3 is 5.32 Å². The number of hydrazine groups is 1. The van der Waals surface area contributed by atoms with Crippen LogP contribution < -0.4 is 16.2 Å². The lowest BCUT2D eigenvalue weighted by molar-refractivity contribution is 0.254. The molecule has 2 rings (SSSR count). The maximum absolute atomic E-state index is 11.8. The molecule has 0 radical (unpaired) electrons. The smallest absolute Gasteiger partial charge is 0.307 e. The van der Waals surface area contributed by atoms with Gasteiger partial charge in [-0.3, -0.25) is 15.4 Å². The Kier molecular flexibility index (Phi) is 5.20. The standard InChI is InChI=1S/C15H17N3O4S/c1-2-11-4-3-5-13(10-11)16-15(19)18-17-12-6-8-14(9-7-12)23(20,21)22/h3-10,17H,2H2,1H3,(H2,16,18,19)(H,20,21,22). The number of benzene rings is 2. The molecule has 2 aromatic rings. The fraction of sp³-hybridized carbons (Fsp3) is 0.133. The second-order valence-corrected chi connectivity index (χ2v) is 6.18. The van der Waals surface area contributed by atoms with Crippen molar-refractivity contribution < 1.29 is 17.8 Å². The summed E-state index contributed by atoms with van der Waals surface area (Å²) in [6.45, 7) is 2.02. The zero-order valence-corrected chi connectivity index (χ0v) is 13.2. The molecule has 0 fully saturated rings. The molecule has 0 unspecified atom stereocenters. The number of carbonyl (C=O) groups is 1. The van der Waals surface area contributed by atoms with Gasteiger partial charge >= 0.3 is 6.03 Å². The van der Waals surface area contributed by atoms with Crippen LogP contribution in [0.2, 0.25) is 0 Å². The zero-order valence-electron chi connectivity index (χ0n) is 12.4. The molecule has 122 valence electrons. The zero-order chi connectivity index (χ0) is 16.9. The SMILES string of the molecule is CCc1cccc(NC(=O)NNc2ccc(S(=O)(=O)O)cc2)c1. The number of rotatable bonds is 5. The Morgan fingerprint density at radius 1 is 1.09 bits per heavy atom. The summed E-state index contributed by atoms with van der Waals surface area (Å²) in [6.07, 6.45) is 0.871. The Bertz CT molecular complexity index is 789. The van der Waals surface area contributed by atoms with Crippen molar-refractivity contribution in [2.24, 2.45) is 0 Å². The van der Waals surface area contributed by atoms with E-state index < -0.39 is 16.1 Å². The lowest BCUT2D eigenvalue weighted by Crippen LogP contribution is -2.33. The molecule has 23 heavy (non-hydrogen) atoms. The van der Waals surface area contributed by atoms with Crippen molar-refractivity contribution in [1.82, 2.24) is 5.43 Å². The minimum Gasteiger partial charge on any atom is -0.307 e. The largest absolute Gasteiger partial charge is 0.337 e. The molecule has 0 saturated carbocycles. The lowest BCUT2D eigenvalue weighted by atomic mass is 10.1. The van der Waals surface area contributed by atoms with Crippen molar-refractivity contribution in [2.75, 3.05) is 10.7 Å². The fourth-order valence-electron chi connectivity index (χ4n) is 1.87. The summed E-state index contributed by atoms with van der Waals surface area (Å²) in [7, 11) is -4.23. The van der Waals surface area contributed by atoms with Gasteiger partial charge in [-0.05, 0) is 48.4 Å². The molecule has 0 heterocycles. The van der Waals surface area contributed by atoms with Gasteiger partial charge in [0.05, 0.1) is 10.6 Å². The molecule has 0 bridgehead atoms. The summed E-state index contributed by atoms with van der Waals surface area (Å²) in [5, 5.41) is 2.67. The van der Waals surface area contributed by atoms with Crippen LogP contribution in [0.25, 0.3) is 0 Å². The van der Waals surface area contributed by atoms with Crippen LogP contribution >= 0.6 is 0 Å². The number of aryl methyl sites for hydroxylation is 1. The minimum absolute atomic E-state index is 0.219. The fourth-order valence-corrected chi connectivity index (χ4v) is 2.35. The predicted molar refractivity (Wildman–Crippen MR) is 87.9 cm³/mol. The van der Waals surface area contributed by atoms with Gasteiger partial charge in [0.25, 0.3) is 10.1 Å². The molecule has 4 N–H and O–H groups in total. The van der Waals surface area contributed by atoms with Crippen LogP contribution in [0.3, 0.4) is 0 Å². The third-order valence-corrected chi connectivity index (χ3v) is 3.93. The van der Waals surface area contributed by atoms with Crippen LogP contribution in [0.15, 0.2) is 53.4 Å². The van der Waals surface area contributed by atoms with E-state index in [1.165, 1.54) is 24.3 Å². The Morgan fingerprint density at radius 2 is 1.78 bits per heavy atom. The van der Waals surface area contributed by atoms with Crippen molar-refractivity contribution in [1.29, 1.82) is 0 Å². The van der Waals surface area contributed by atoms with Crippen molar-refractivity contribution in [3.63, 3.8) is 0 Å². The Hall–Kier alpha value is -2.58. The van der Waals surface area contributed by atoms with E-state index in [9.17, 15) is 13.2 Å². The molecule has 0 aromatic heterocycles. The second kappa shape index (κ2) is 7.12. The van der Waals surface area contributed by atoms with Gasteiger partial charge in [0, 0.05) is 5.69 Å². The van der Waals surface area contributed by atoms with Crippen molar-refractivity contribution in [3.05, 3.63) is 54.1 Å². The summed E-state index contributed by atoms with van der Waals surface area (Å²) >= 11 is 0. The number of urea groups is 1. The van der Waals surface area contributed by atoms with Crippen LogP contribution in [-0.4, -0.2) is 19.0 Å². The first kappa shape index (κ1) is 16.8. The molecule has 0 aliphatic carbocycles. The molecule has 8 heteroatoms. The van der Waals surface area contributed by atoms with Crippen LogP contribution in [-0.2, 0) is 16.5 Å². The van der Waals surface area contributed by atoms with Gasteiger partial charge in [-0.1, -0.05) is 19.1 Å². The minimum atomic E-state index is -4.23. The van der Waals surface area contributed by atoms with Crippen LogP contribution in [0.5, 0.6) is 0 Å². The van der Waals surface area contributed by atoms with E-state index in [2.05, 4.69) is 16.2 Å². The molecule has 0 atom stereocenters. The highest BCUT2D eigenvalue weighted by molar-refractivity contribution is 7.85. The average Bonchev–Trinajstić information content (AvgIpc) is 2.52. The topological polar surface area (TPSA) is 108 Å². The Labute approximate surface area is 134 Å². The van der Waals surface area contributed by atoms with E-state index in [0.29, 0.717) is 11.4 Å². The molecular weight excluding hydrogens is 318 g/mol. The number of amides is 2. The summed E-state index contributed by atoms with van der Waals surface area (Å²) in [5.74, 6) is 0. The molecule has 2 aromatic carbocycles. The van der Waals surface area contributed by atoms with Gasteiger partial charge in [0.1, 0.15) is 0 Å². The molecule has 0 saturated heterocycles. The van der Waals surface area contributed by atoms with Gasteiger partial charge in [-0.2, -0.15) is 8.42 Å². The maximum atomic E-state index is 11.8. The van der Waals surface area contributed by atoms with E-state index >= 15 is 0 Å². The second-order valence-electron chi connectivity index (χ2n) is 4.76. The van der Waals surface area contributed by atoms with Gasteiger partial charge in [0.2, 0.25) is 0 Å². The van der Waals surface area contributed by atoms with Crippen molar-refractivity contribution >= 4 is 27.5 Å². The number of nitrogens with one attached hydrogen (secondary N) is 3.